The molecule has 1 aromatic heterocycles. The van der Waals surface area contributed by atoms with Crippen LogP contribution in [0.25, 0.3) is 0 Å². The van der Waals surface area contributed by atoms with Crippen LogP contribution in [-0.4, -0.2) is 50.5 Å². The first-order valence-corrected chi connectivity index (χ1v) is 9.29. The maximum atomic E-state index is 11.8. The Kier molecular flexibility index (Phi) is 7.81. The lowest BCUT2D eigenvalue weighted by Gasteiger charge is -2.14. The van der Waals surface area contributed by atoms with Crippen molar-refractivity contribution in [2.24, 2.45) is 4.99 Å². The third-order valence-electron chi connectivity index (χ3n) is 3.71. The van der Waals surface area contributed by atoms with Gasteiger partial charge in [-0.1, -0.05) is 18.2 Å². The number of aliphatic imine (C=N–C) groups is 1. The van der Waals surface area contributed by atoms with E-state index in [4.69, 9.17) is 4.74 Å². The molecule has 0 fully saturated rings. The Balaban J connectivity index is 2.01. The molecule has 0 spiro atoms. The summed E-state index contributed by atoms with van der Waals surface area (Å²) >= 11 is 1.65. The molecule has 0 saturated heterocycles. The van der Waals surface area contributed by atoms with Crippen molar-refractivity contribution in [2.75, 3.05) is 27.7 Å². The number of carbonyl (C=O) groups is 2. The van der Waals surface area contributed by atoms with Crippen molar-refractivity contribution in [3.8, 4) is 0 Å². The lowest BCUT2D eigenvalue weighted by atomic mass is 10.1. The van der Waals surface area contributed by atoms with Crippen LogP contribution in [0.15, 0.2) is 46.8 Å². The first kappa shape index (κ1) is 20.4. The second-order valence-electron chi connectivity index (χ2n) is 5.93. The summed E-state index contributed by atoms with van der Waals surface area (Å²) in [5.74, 6) is 0.144. The Bertz CT molecular complexity index is 771. The molecule has 0 radical (unpaired) electrons. The second kappa shape index (κ2) is 10.3. The van der Waals surface area contributed by atoms with E-state index in [0.29, 0.717) is 24.6 Å². The topological polar surface area (TPSA) is 83.0 Å². The van der Waals surface area contributed by atoms with E-state index in [1.165, 1.54) is 16.9 Å². The summed E-state index contributed by atoms with van der Waals surface area (Å²) in [6, 6.07) is 11.1. The van der Waals surface area contributed by atoms with Crippen LogP contribution in [0.4, 0.5) is 0 Å². The number of esters is 1. The maximum Gasteiger partial charge on any atom is 0.337 e. The molecule has 0 atom stereocenters. The molecule has 0 bridgehead atoms. The van der Waals surface area contributed by atoms with Crippen LogP contribution in [-0.2, 0) is 22.6 Å². The van der Waals surface area contributed by atoms with Gasteiger partial charge in [-0.25, -0.2) is 9.79 Å². The lowest BCUT2D eigenvalue weighted by Crippen LogP contribution is -2.42. The Morgan fingerprint density at radius 1 is 1.15 bits per heavy atom. The van der Waals surface area contributed by atoms with Gasteiger partial charge < -0.3 is 20.3 Å². The van der Waals surface area contributed by atoms with Gasteiger partial charge in [-0.2, -0.15) is 0 Å². The zero-order valence-corrected chi connectivity index (χ0v) is 16.5. The number of thiophene rings is 1. The molecule has 2 aromatic rings. The number of nitrogens with zero attached hydrogens (tertiary/aromatic N) is 2. The highest BCUT2D eigenvalue weighted by Gasteiger charge is 2.07. The Labute approximate surface area is 163 Å². The zero-order chi connectivity index (χ0) is 19.6. The minimum atomic E-state index is -0.368. The monoisotopic (exact) mass is 388 g/mol. The van der Waals surface area contributed by atoms with Gasteiger partial charge in [-0.3, -0.25) is 4.79 Å². The summed E-state index contributed by atoms with van der Waals surface area (Å²) in [6.07, 6.45) is 0. The molecule has 0 saturated carbocycles. The number of rotatable bonds is 7. The molecule has 7 nitrogen and oxygen atoms in total. The largest absolute Gasteiger partial charge is 0.465 e. The van der Waals surface area contributed by atoms with Gasteiger partial charge in [-0.15, -0.1) is 11.3 Å². The minimum absolute atomic E-state index is 0.0388. The summed E-state index contributed by atoms with van der Waals surface area (Å²) in [5, 5.41) is 8.29. The average Bonchev–Trinajstić information content (AvgIpc) is 3.20. The van der Waals surface area contributed by atoms with Crippen molar-refractivity contribution in [1.29, 1.82) is 0 Å². The van der Waals surface area contributed by atoms with E-state index in [0.717, 1.165) is 5.56 Å². The van der Waals surface area contributed by atoms with Crippen LogP contribution < -0.4 is 10.6 Å². The molecule has 1 heterocycles. The third-order valence-corrected chi connectivity index (χ3v) is 4.59. The van der Waals surface area contributed by atoms with Crippen molar-refractivity contribution in [2.45, 2.75) is 13.1 Å². The summed E-state index contributed by atoms with van der Waals surface area (Å²) in [7, 11) is 4.78. The number of benzene rings is 1. The fraction of sp³-hybridized carbons (Fsp3) is 0.316. The maximum absolute atomic E-state index is 11.8. The molecular weight excluding hydrogens is 364 g/mol. The highest BCUT2D eigenvalue weighted by molar-refractivity contribution is 7.09. The Morgan fingerprint density at radius 2 is 1.89 bits per heavy atom. The van der Waals surface area contributed by atoms with E-state index in [9.17, 15) is 9.59 Å². The van der Waals surface area contributed by atoms with Gasteiger partial charge in [-0.05, 0) is 29.1 Å². The normalized spacial score (nSPS) is 11.0. The number of ether oxygens (including phenoxy) is 1. The van der Waals surface area contributed by atoms with E-state index >= 15 is 0 Å². The highest BCUT2D eigenvalue weighted by atomic mass is 32.1. The Hall–Kier alpha value is -2.87. The number of methoxy groups -OCH3 is 1. The summed E-state index contributed by atoms with van der Waals surface area (Å²) < 4.78 is 4.69. The van der Waals surface area contributed by atoms with Crippen LogP contribution >= 0.6 is 11.3 Å². The average molecular weight is 388 g/mol. The molecule has 2 rings (SSSR count). The number of carbonyl (C=O) groups excluding carboxylic acids is 2. The van der Waals surface area contributed by atoms with Gasteiger partial charge in [0.15, 0.2) is 5.96 Å². The number of nitrogens with one attached hydrogen (secondary N) is 2. The van der Waals surface area contributed by atoms with E-state index in [1.807, 2.05) is 29.6 Å². The second-order valence-corrected chi connectivity index (χ2v) is 6.96. The van der Waals surface area contributed by atoms with Crippen LogP contribution in [0.3, 0.4) is 0 Å². The number of hydrogen-bond acceptors (Lipinski definition) is 5. The predicted molar refractivity (Wildman–Crippen MR) is 107 cm³/mol. The van der Waals surface area contributed by atoms with Gasteiger partial charge in [0.2, 0.25) is 5.91 Å². The van der Waals surface area contributed by atoms with Gasteiger partial charge in [0.25, 0.3) is 0 Å². The summed E-state index contributed by atoms with van der Waals surface area (Å²) in [4.78, 5) is 30.5. The van der Waals surface area contributed by atoms with Crippen molar-refractivity contribution in [1.82, 2.24) is 15.5 Å². The molecule has 8 heteroatoms. The standard InChI is InChI=1S/C19H24N4O3S/c1-23(2)17(24)13-22-19(21-12-16-5-4-10-27-16)20-11-14-6-8-15(9-7-14)18(25)26-3/h4-10H,11-13H2,1-3H3,(H2,20,21,22). The number of likely N-dealkylation sites (N-methyl/N-ethyl adjacent to an activating group) is 1. The highest BCUT2D eigenvalue weighted by Crippen LogP contribution is 2.08. The van der Waals surface area contributed by atoms with Gasteiger partial charge in [0, 0.05) is 19.0 Å². The molecule has 0 aliphatic rings. The van der Waals surface area contributed by atoms with Crippen LogP contribution in [0.1, 0.15) is 20.8 Å². The van der Waals surface area contributed by atoms with E-state index in [1.54, 1.807) is 37.6 Å². The summed E-state index contributed by atoms with van der Waals surface area (Å²) in [5.41, 5.74) is 1.44. The first-order valence-electron chi connectivity index (χ1n) is 8.41. The molecule has 0 unspecified atom stereocenters. The van der Waals surface area contributed by atoms with E-state index < -0.39 is 0 Å². The first-order chi connectivity index (χ1) is 13.0. The van der Waals surface area contributed by atoms with Crippen LogP contribution in [0.2, 0.25) is 0 Å². The molecular formula is C19H24N4O3S. The lowest BCUT2D eigenvalue weighted by molar-refractivity contribution is -0.127. The number of amides is 1. The van der Waals surface area contributed by atoms with Crippen molar-refractivity contribution < 1.29 is 14.3 Å². The third kappa shape index (κ3) is 6.74. The predicted octanol–water partition coefficient (Wildman–Crippen LogP) is 1.86. The van der Waals surface area contributed by atoms with Crippen molar-refractivity contribution in [3.05, 3.63) is 57.8 Å². The van der Waals surface area contributed by atoms with Crippen molar-refractivity contribution >= 4 is 29.2 Å². The van der Waals surface area contributed by atoms with Gasteiger partial charge >= 0.3 is 5.97 Å². The molecule has 0 aliphatic heterocycles. The smallest absolute Gasteiger partial charge is 0.337 e. The minimum Gasteiger partial charge on any atom is -0.465 e. The quantitative estimate of drug-likeness (QED) is 0.430. The molecule has 1 amide bonds. The summed E-state index contributed by atoms with van der Waals surface area (Å²) in [6.45, 7) is 1.20. The molecule has 0 aliphatic carbocycles. The fourth-order valence-corrected chi connectivity index (χ4v) is 2.75. The molecule has 1 aromatic carbocycles. The van der Waals surface area contributed by atoms with Gasteiger partial charge in [0.1, 0.15) is 0 Å². The molecule has 144 valence electrons. The van der Waals surface area contributed by atoms with Crippen molar-refractivity contribution in [3.63, 3.8) is 0 Å². The number of guanidine groups is 1. The SMILES string of the molecule is COC(=O)c1ccc(CN=C(NCC(=O)N(C)C)NCc2cccs2)cc1. The molecule has 27 heavy (non-hydrogen) atoms. The Morgan fingerprint density at radius 3 is 2.48 bits per heavy atom. The van der Waals surface area contributed by atoms with E-state index in [2.05, 4.69) is 15.6 Å². The number of hydrogen-bond donors (Lipinski definition) is 2. The molecule has 2 N–H and O–H groups in total. The fourth-order valence-electron chi connectivity index (χ4n) is 2.11. The van der Waals surface area contributed by atoms with Gasteiger partial charge in [0.05, 0.1) is 32.3 Å². The van der Waals surface area contributed by atoms with Crippen LogP contribution in [0.5, 0.6) is 0 Å². The van der Waals surface area contributed by atoms with Crippen LogP contribution in [0, 0.1) is 0 Å². The van der Waals surface area contributed by atoms with E-state index in [-0.39, 0.29) is 18.4 Å². The zero-order valence-electron chi connectivity index (χ0n) is 15.7.